The molecule has 0 saturated carbocycles. The van der Waals surface area contributed by atoms with Crippen molar-refractivity contribution in [2.45, 2.75) is 6.92 Å². The molecule has 0 atom stereocenters. The van der Waals surface area contributed by atoms with Crippen molar-refractivity contribution in [3.05, 3.63) is 40.1 Å². The Kier molecular flexibility index (Phi) is 3.06. The summed E-state index contributed by atoms with van der Waals surface area (Å²) >= 11 is 0. The standard InChI is InChI=1S/C11H11FN2O3/c1-7-4-8(12)11-13-9(17-3-2-15)5-10(16)14(11)6-7/h4-6,15H,2-3H2,1H3. The van der Waals surface area contributed by atoms with Crippen molar-refractivity contribution >= 4 is 5.65 Å². The molecule has 1 N–H and O–H groups in total. The maximum absolute atomic E-state index is 13.6. The molecule has 2 aromatic heterocycles. The highest BCUT2D eigenvalue weighted by Gasteiger charge is 2.08. The largest absolute Gasteiger partial charge is 0.475 e. The maximum atomic E-state index is 13.6. The van der Waals surface area contributed by atoms with Crippen molar-refractivity contribution < 1.29 is 14.2 Å². The van der Waals surface area contributed by atoms with Crippen LogP contribution in [0.1, 0.15) is 5.56 Å². The smallest absolute Gasteiger partial charge is 0.261 e. The van der Waals surface area contributed by atoms with Gasteiger partial charge in [-0.3, -0.25) is 9.20 Å². The SMILES string of the molecule is Cc1cc(F)c2nc(OCCO)cc(=O)n2c1. The van der Waals surface area contributed by atoms with Gasteiger partial charge in [-0.25, -0.2) is 4.39 Å². The van der Waals surface area contributed by atoms with E-state index in [9.17, 15) is 9.18 Å². The van der Waals surface area contributed by atoms with Gasteiger partial charge in [0.2, 0.25) is 5.88 Å². The van der Waals surface area contributed by atoms with Crippen LogP contribution in [0, 0.1) is 12.7 Å². The van der Waals surface area contributed by atoms with E-state index < -0.39 is 11.4 Å². The predicted octanol–water partition coefficient (Wildman–Crippen LogP) is 0.513. The fourth-order valence-electron chi connectivity index (χ4n) is 1.49. The molecular weight excluding hydrogens is 227 g/mol. The minimum Gasteiger partial charge on any atom is -0.475 e. The minimum absolute atomic E-state index is 0.00630. The number of aliphatic hydroxyl groups excluding tert-OH is 1. The van der Waals surface area contributed by atoms with Gasteiger partial charge in [0.15, 0.2) is 11.5 Å². The first-order valence-corrected chi connectivity index (χ1v) is 5.05. The average Bonchev–Trinajstić information content (AvgIpc) is 2.28. The number of hydrogen-bond donors (Lipinski definition) is 1. The number of aryl methyl sites for hydroxylation is 1. The van der Waals surface area contributed by atoms with Crippen LogP contribution >= 0.6 is 0 Å². The molecule has 0 radical (unpaired) electrons. The minimum atomic E-state index is -0.587. The number of rotatable bonds is 3. The molecule has 0 amide bonds. The van der Waals surface area contributed by atoms with E-state index in [1.807, 2.05) is 0 Å². The fraction of sp³-hybridized carbons (Fsp3) is 0.273. The second kappa shape index (κ2) is 4.50. The van der Waals surface area contributed by atoms with Crippen molar-refractivity contribution in [2.24, 2.45) is 0 Å². The Morgan fingerprint density at radius 1 is 1.53 bits per heavy atom. The first-order valence-electron chi connectivity index (χ1n) is 5.05. The molecule has 0 saturated heterocycles. The topological polar surface area (TPSA) is 63.8 Å². The molecule has 6 heteroatoms. The molecule has 5 nitrogen and oxygen atoms in total. The van der Waals surface area contributed by atoms with Crippen LogP contribution in [0.15, 0.2) is 23.1 Å². The van der Waals surface area contributed by atoms with Gasteiger partial charge in [-0.2, -0.15) is 4.98 Å². The normalized spacial score (nSPS) is 10.8. The molecule has 0 unspecified atom stereocenters. The first-order chi connectivity index (χ1) is 8.11. The van der Waals surface area contributed by atoms with Crippen LogP contribution < -0.4 is 10.3 Å². The summed E-state index contributed by atoms with van der Waals surface area (Å²) in [5, 5.41) is 8.59. The third-order valence-electron chi connectivity index (χ3n) is 2.17. The summed E-state index contributed by atoms with van der Waals surface area (Å²) in [5.74, 6) is -0.580. The van der Waals surface area contributed by atoms with Crippen LogP contribution in [0.25, 0.3) is 5.65 Å². The Morgan fingerprint density at radius 2 is 2.29 bits per heavy atom. The van der Waals surface area contributed by atoms with Gasteiger partial charge in [0.25, 0.3) is 5.56 Å². The van der Waals surface area contributed by atoms with E-state index in [4.69, 9.17) is 9.84 Å². The Bertz CT molecular complexity index is 609. The Balaban J connectivity index is 2.61. The molecule has 0 aliphatic heterocycles. The number of halogens is 1. The van der Waals surface area contributed by atoms with E-state index in [-0.39, 0.29) is 24.7 Å². The lowest BCUT2D eigenvalue weighted by Gasteiger charge is -2.06. The van der Waals surface area contributed by atoms with Crippen molar-refractivity contribution in [2.75, 3.05) is 13.2 Å². The van der Waals surface area contributed by atoms with Crippen molar-refractivity contribution in [3.8, 4) is 5.88 Å². The van der Waals surface area contributed by atoms with Gasteiger partial charge >= 0.3 is 0 Å². The first kappa shape index (κ1) is 11.5. The van der Waals surface area contributed by atoms with Crippen molar-refractivity contribution in [1.29, 1.82) is 0 Å². The zero-order chi connectivity index (χ0) is 12.4. The molecule has 0 aliphatic carbocycles. The van der Waals surface area contributed by atoms with Gasteiger partial charge in [0.1, 0.15) is 6.61 Å². The molecule has 0 spiro atoms. The zero-order valence-corrected chi connectivity index (χ0v) is 9.18. The van der Waals surface area contributed by atoms with Crippen molar-refractivity contribution in [3.63, 3.8) is 0 Å². The van der Waals surface area contributed by atoms with E-state index >= 15 is 0 Å². The van der Waals surface area contributed by atoms with Crippen LogP contribution in [0.5, 0.6) is 5.88 Å². The number of pyridine rings is 1. The number of nitrogens with zero attached hydrogens (tertiary/aromatic N) is 2. The lowest BCUT2D eigenvalue weighted by atomic mass is 10.3. The van der Waals surface area contributed by atoms with Crippen molar-refractivity contribution in [1.82, 2.24) is 9.38 Å². The summed E-state index contributed by atoms with van der Waals surface area (Å²) in [7, 11) is 0. The second-order valence-electron chi connectivity index (χ2n) is 3.56. The quantitative estimate of drug-likeness (QED) is 0.846. The highest BCUT2D eigenvalue weighted by atomic mass is 19.1. The molecule has 0 aliphatic rings. The van der Waals surface area contributed by atoms with E-state index in [1.54, 1.807) is 6.92 Å². The molecule has 0 bridgehead atoms. The molecule has 90 valence electrons. The van der Waals surface area contributed by atoms with Crippen LogP contribution in [-0.2, 0) is 0 Å². The molecular formula is C11H11FN2O3. The highest BCUT2D eigenvalue weighted by molar-refractivity contribution is 5.43. The number of fused-ring (bicyclic) bond motifs is 1. The molecule has 17 heavy (non-hydrogen) atoms. The zero-order valence-electron chi connectivity index (χ0n) is 9.18. The molecule has 2 aromatic rings. The fourth-order valence-corrected chi connectivity index (χ4v) is 1.49. The van der Waals surface area contributed by atoms with E-state index in [0.29, 0.717) is 5.56 Å². The van der Waals surface area contributed by atoms with E-state index in [0.717, 1.165) is 10.5 Å². The van der Waals surface area contributed by atoms with Gasteiger partial charge in [-0.15, -0.1) is 0 Å². The predicted molar refractivity (Wildman–Crippen MR) is 58.7 cm³/mol. The van der Waals surface area contributed by atoms with Gasteiger partial charge in [-0.1, -0.05) is 0 Å². The summed E-state index contributed by atoms with van der Waals surface area (Å²) in [6.45, 7) is 1.50. The van der Waals surface area contributed by atoms with Crippen LogP contribution in [0.3, 0.4) is 0 Å². The lowest BCUT2D eigenvalue weighted by molar-refractivity contribution is 0.196. The van der Waals surface area contributed by atoms with Crippen LogP contribution in [0.4, 0.5) is 4.39 Å². The molecule has 0 fully saturated rings. The highest BCUT2D eigenvalue weighted by Crippen LogP contribution is 2.11. The average molecular weight is 238 g/mol. The number of aliphatic hydroxyl groups is 1. The van der Waals surface area contributed by atoms with E-state index in [2.05, 4.69) is 4.98 Å². The summed E-state index contributed by atoms with van der Waals surface area (Å²) in [6.07, 6.45) is 1.50. The number of ether oxygens (including phenoxy) is 1. The maximum Gasteiger partial charge on any atom is 0.261 e. The molecule has 0 aromatic carbocycles. The molecule has 2 heterocycles. The molecule has 2 rings (SSSR count). The van der Waals surface area contributed by atoms with Crippen LogP contribution in [0.2, 0.25) is 0 Å². The number of aromatic nitrogens is 2. The Hall–Kier alpha value is -1.95. The Morgan fingerprint density at radius 3 is 3.00 bits per heavy atom. The van der Waals surface area contributed by atoms with Gasteiger partial charge < -0.3 is 9.84 Å². The van der Waals surface area contributed by atoms with Gasteiger partial charge in [0, 0.05) is 6.20 Å². The monoisotopic (exact) mass is 238 g/mol. The summed E-state index contributed by atoms with van der Waals surface area (Å²) in [4.78, 5) is 15.5. The third kappa shape index (κ3) is 2.26. The second-order valence-corrected chi connectivity index (χ2v) is 3.56. The number of hydrogen-bond acceptors (Lipinski definition) is 4. The van der Waals surface area contributed by atoms with Crippen LogP contribution in [-0.4, -0.2) is 27.7 Å². The van der Waals surface area contributed by atoms with Gasteiger partial charge in [0.05, 0.1) is 12.7 Å². The Labute approximate surface area is 96.1 Å². The summed E-state index contributed by atoms with van der Waals surface area (Å²) in [5.41, 5.74) is 0.115. The summed E-state index contributed by atoms with van der Waals surface area (Å²) in [6, 6.07) is 2.44. The lowest BCUT2D eigenvalue weighted by Crippen LogP contribution is -2.17. The summed E-state index contributed by atoms with van der Waals surface area (Å²) < 4.78 is 19.7. The van der Waals surface area contributed by atoms with E-state index in [1.165, 1.54) is 12.3 Å². The third-order valence-corrected chi connectivity index (χ3v) is 2.17. The van der Waals surface area contributed by atoms with Gasteiger partial charge in [-0.05, 0) is 18.6 Å².